The molecule has 0 aromatic heterocycles. The molecule has 1 atom stereocenters. The van der Waals surface area contributed by atoms with E-state index in [0.717, 1.165) is 0 Å². The Bertz CT molecular complexity index is 646. The van der Waals surface area contributed by atoms with Gasteiger partial charge in [-0.1, -0.05) is 12.2 Å². The number of hydrogen-bond donors (Lipinski definition) is 0. The molecule has 138 valence electrons. The molecule has 0 heterocycles. The minimum Gasteiger partial charge on any atom is -0.420 e. The van der Waals surface area contributed by atoms with Crippen LogP contribution in [0.15, 0.2) is 25.3 Å². The third-order valence-electron chi connectivity index (χ3n) is 3.64. The summed E-state index contributed by atoms with van der Waals surface area (Å²) in [5, 5.41) is 0. The number of unbranched alkanes of at least 4 members (excludes halogenated alkanes) is 1. The Balaban J connectivity index is 3.35. The average Bonchev–Trinajstić information content (AvgIpc) is 2.54. The fourth-order valence-corrected chi connectivity index (χ4v) is 2.15. The van der Waals surface area contributed by atoms with Crippen LogP contribution in [0.1, 0.15) is 51.5 Å². The van der Waals surface area contributed by atoms with Gasteiger partial charge in [0.25, 0.3) is 0 Å². The number of ether oxygens (including phenoxy) is 1. The van der Waals surface area contributed by atoms with Crippen molar-refractivity contribution < 1.29 is 27.1 Å². The molecule has 0 bridgehead atoms. The first-order chi connectivity index (χ1) is 11.6. The summed E-state index contributed by atoms with van der Waals surface area (Å²) < 4.78 is 61.7. The van der Waals surface area contributed by atoms with Gasteiger partial charge in [-0.25, -0.2) is 8.78 Å². The highest BCUT2D eigenvalue weighted by atomic mass is 19.2. The minimum atomic E-state index is -1.73. The van der Waals surface area contributed by atoms with Gasteiger partial charge in [-0.05, 0) is 40.0 Å². The Morgan fingerprint density at radius 3 is 2.00 bits per heavy atom. The Labute approximate surface area is 145 Å². The molecule has 0 spiro atoms. The lowest BCUT2D eigenvalue weighted by Gasteiger charge is -2.20. The number of carbonyl (C=O) groups is 1. The normalized spacial score (nSPS) is 12.6. The zero-order chi connectivity index (χ0) is 19.4. The predicted molar refractivity (Wildman–Crippen MR) is 88.4 cm³/mol. The maximum atomic E-state index is 14.4. The van der Waals surface area contributed by atoms with Crippen LogP contribution in [-0.4, -0.2) is 5.97 Å². The summed E-state index contributed by atoms with van der Waals surface area (Å²) in [4.78, 5) is 11.8. The highest BCUT2D eigenvalue weighted by Gasteiger charge is 2.33. The molecule has 1 unspecified atom stereocenters. The number of carbonyl (C=O) groups excluding carboxylic acids is 1. The summed E-state index contributed by atoms with van der Waals surface area (Å²) in [7, 11) is 0. The van der Waals surface area contributed by atoms with Gasteiger partial charge in [0.15, 0.2) is 11.6 Å². The van der Waals surface area contributed by atoms with Gasteiger partial charge < -0.3 is 4.74 Å². The largest absolute Gasteiger partial charge is 0.420 e. The molecule has 0 saturated carbocycles. The lowest BCUT2D eigenvalue weighted by Crippen LogP contribution is -2.27. The van der Waals surface area contributed by atoms with Gasteiger partial charge >= 0.3 is 5.97 Å². The highest BCUT2D eigenvalue weighted by Crippen LogP contribution is 2.37. The van der Waals surface area contributed by atoms with Crippen molar-refractivity contribution in [1.29, 1.82) is 0 Å². The van der Waals surface area contributed by atoms with Gasteiger partial charge in [-0.2, -0.15) is 8.78 Å². The summed E-state index contributed by atoms with van der Waals surface area (Å²) in [5.74, 6) is -9.94. The van der Waals surface area contributed by atoms with Gasteiger partial charge in [-0.3, -0.25) is 4.79 Å². The number of allylic oxidation sites excluding steroid dienone is 2. The second kappa shape index (κ2) is 8.32. The Morgan fingerprint density at radius 2 is 1.60 bits per heavy atom. The summed E-state index contributed by atoms with van der Waals surface area (Å²) in [6, 6.07) is 0. The first-order valence-corrected chi connectivity index (χ1v) is 7.87. The van der Waals surface area contributed by atoms with Crippen molar-refractivity contribution in [1.82, 2.24) is 0 Å². The maximum Gasteiger partial charge on any atom is 0.316 e. The first-order valence-electron chi connectivity index (χ1n) is 7.87. The van der Waals surface area contributed by atoms with E-state index in [1.165, 1.54) is 26.8 Å². The maximum absolute atomic E-state index is 14.4. The van der Waals surface area contributed by atoms with Crippen molar-refractivity contribution in [2.45, 2.75) is 46.0 Å². The molecule has 0 fully saturated rings. The molecular weight excluding hydrogens is 336 g/mol. The third-order valence-corrected chi connectivity index (χ3v) is 3.64. The van der Waals surface area contributed by atoms with Crippen LogP contribution in [0.2, 0.25) is 0 Å². The second-order valence-corrected chi connectivity index (χ2v) is 6.70. The molecular formula is C19H22F4O2. The molecule has 1 rings (SSSR count). The number of halogens is 4. The average molecular weight is 358 g/mol. The van der Waals surface area contributed by atoms with Gasteiger partial charge in [0, 0.05) is 11.5 Å². The van der Waals surface area contributed by atoms with E-state index in [1.54, 1.807) is 6.08 Å². The van der Waals surface area contributed by atoms with Crippen LogP contribution in [-0.2, 0) is 4.79 Å². The molecule has 6 heteroatoms. The van der Waals surface area contributed by atoms with Crippen LogP contribution >= 0.6 is 0 Å². The van der Waals surface area contributed by atoms with Crippen LogP contribution in [0.5, 0.6) is 5.75 Å². The van der Waals surface area contributed by atoms with Crippen molar-refractivity contribution in [3.63, 3.8) is 0 Å². The Hall–Kier alpha value is -2.11. The molecule has 25 heavy (non-hydrogen) atoms. The minimum absolute atomic E-state index is 0.239. The van der Waals surface area contributed by atoms with Crippen molar-refractivity contribution in [2.75, 3.05) is 0 Å². The van der Waals surface area contributed by atoms with Gasteiger partial charge in [-0.15, -0.1) is 13.2 Å². The molecule has 0 aliphatic rings. The monoisotopic (exact) mass is 358 g/mol. The summed E-state index contributed by atoms with van der Waals surface area (Å²) in [6.45, 7) is 11.3. The molecule has 0 N–H and O–H groups in total. The number of benzene rings is 1. The summed E-state index contributed by atoms with van der Waals surface area (Å²) in [6.07, 6.45) is 4.19. The number of hydrogen-bond acceptors (Lipinski definition) is 2. The van der Waals surface area contributed by atoms with Crippen molar-refractivity contribution in [2.24, 2.45) is 5.41 Å². The first kappa shape index (κ1) is 20.9. The fraction of sp³-hybridized carbons (Fsp3) is 0.421. The number of esters is 1. The third kappa shape index (κ3) is 4.71. The van der Waals surface area contributed by atoms with Gasteiger partial charge in [0.1, 0.15) is 0 Å². The summed E-state index contributed by atoms with van der Waals surface area (Å²) >= 11 is 0. The fourth-order valence-electron chi connectivity index (χ4n) is 2.15. The van der Waals surface area contributed by atoms with E-state index < -0.39 is 51.9 Å². The van der Waals surface area contributed by atoms with E-state index in [1.807, 2.05) is 0 Å². The van der Waals surface area contributed by atoms with E-state index in [-0.39, 0.29) is 6.42 Å². The lowest BCUT2D eigenvalue weighted by molar-refractivity contribution is -0.143. The topological polar surface area (TPSA) is 26.3 Å². The zero-order valence-electron chi connectivity index (χ0n) is 14.6. The predicted octanol–water partition coefficient (Wildman–Crippen LogP) is 5.82. The highest BCUT2D eigenvalue weighted by molar-refractivity contribution is 5.78. The standard InChI is InChI=1S/C19H22F4O2/c1-6-8-9-10-11(7-2)12-13(20)15(22)17(16(23)14(12)21)25-18(24)19(3,4)5/h6-7,11H,1-2,8-10H2,3-5H3. The van der Waals surface area contributed by atoms with Crippen LogP contribution in [0.25, 0.3) is 0 Å². The summed E-state index contributed by atoms with van der Waals surface area (Å²) in [5.41, 5.74) is -1.86. The van der Waals surface area contributed by atoms with Crippen LogP contribution < -0.4 is 4.74 Å². The Morgan fingerprint density at radius 1 is 1.08 bits per heavy atom. The lowest BCUT2D eigenvalue weighted by atomic mass is 9.92. The molecule has 0 amide bonds. The van der Waals surface area contributed by atoms with Crippen molar-refractivity contribution in [3.05, 3.63) is 54.1 Å². The van der Waals surface area contributed by atoms with Crippen LogP contribution in [0.3, 0.4) is 0 Å². The molecule has 0 aliphatic heterocycles. The SMILES string of the molecule is C=CCCCC(C=C)c1c(F)c(F)c(OC(=O)C(C)(C)C)c(F)c1F. The number of rotatable bonds is 7. The van der Waals surface area contributed by atoms with E-state index in [0.29, 0.717) is 12.8 Å². The van der Waals surface area contributed by atoms with E-state index >= 15 is 0 Å². The zero-order valence-corrected chi connectivity index (χ0v) is 14.6. The van der Waals surface area contributed by atoms with E-state index in [9.17, 15) is 22.4 Å². The van der Waals surface area contributed by atoms with Crippen molar-refractivity contribution in [3.8, 4) is 5.75 Å². The van der Waals surface area contributed by atoms with E-state index in [4.69, 9.17) is 0 Å². The molecule has 0 radical (unpaired) electrons. The van der Waals surface area contributed by atoms with Crippen LogP contribution in [0, 0.1) is 28.7 Å². The quantitative estimate of drug-likeness (QED) is 0.153. The van der Waals surface area contributed by atoms with E-state index in [2.05, 4.69) is 17.9 Å². The Kier molecular flexibility index (Phi) is 6.96. The smallest absolute Gasteiger partial charge is 0.316 e. The molecule has 0 saturated heterocycles. The molecule has 0 aliphatic carbocycles. The molecule has 1 aromatic rings. The molecule has 1 aromatic carbocycles. The molecule has 2 nitrogen and oxygen atoms in total. The van der Waals surface area contributed by atoms with Crippen molar-refractivity contribution >= 4 is 5.97 Å². The van der Waals surface area contributed by atoms with Gasteiger partial charge in [0.05, 0.1) is 5.41 Å². The van der Waals surface area contributed by atoms with Gasteiger partial charge in [0.2, 0.25) is 17.4 Å². The second-order valence-electron chi connectivity index (χ2n) is 6.70. The van der Waals surface area contributed by atoms with Crippen LogP contribution in [0.4, 0.5) is 17.6 Å².